The van der Waals surface area contributed by atoms with Gasteiger partial charge in [-0.2, -0.15) is 0 Å². The van der Waals surface area contributed by atoms with Gasteiger partial charge in [-0.25, -0.2) is 8.42 Å². The van der Waals surface area contributed by atoms with Crippen LogP contribution in [0.5, 0.6) is 0 Å². The van der Waals surface area contributed by atoms with Crippen LogP contribution in [-0.2, 0) is 9.84 Å². The molecule has 6 heteroatoms. The number of pyridine rings is 1. The van der Waals surface area contributed by atoms with Gasteiger partial charge in [-0.05, 0) is 18.6 Å². The van der Waals surface area contributed by atoms with Crippen LogP contribution in [0.15, 0.2) is 36.5 Å². The van der Waals surface area contributed by atoms with E-state index < -0.39 is 15.9 Å². The lowest BCUT2D eigenvalue weighted by Gasteiger charge is -2.11. The zero-order chi connectivity index (χ0) is 14.8. The van der Waals surface area contributed by atoms with Gasteiger partial charge in [-0.3, -0.25) is 9.78 Å². The molecule has 0 fully saturated rings. The Hall–Kier alpha value is -1.79. The molecule has 1 heterocycles. The van der Waals surface area contributed by atoms with Gasteiger partial charge in [0.25, 0.3) is 0 Å². The van der Waals surface area contributed by atoms with Gasteiger partial charge >= 0.3 is 0 Å². The van der Waals surface area contributed by atoms with E-state index in [-0.39, 0.29) is 18.0 Å². The summed E-state index contributed by atoms with van der Waals surface area (Å²) in [7, 11) is -3.12. The molecule has 0 saturated carbocycles. The van der Waals surface area contributed by atoms with E-state index >= 15 is 0 Å². The lowest BCUT2D eigenvalue weighted by atomic mass is 9.99. The predicted molar refractivity (Wildman–Crippen MR) is 78.4 cm³/mol. The fourth-order valence-electron chi connectivity index (χ4n) is 1.99. The Morgan fingerprint density at radius 1 is 1.30 bits per heavy atom. The third kappa shape index (κ3) is 3.40. The Labute approximate surface area is 117 Å². The summed E-state index contributed by atoms with van der Waals surface area (Å²) >= 11 is 0. The SMILES string of the molecule is CS(=O)(=O)CCC(N)C(=O)c1cccc2ncccc12. The normalized spacial score (nSPS) is 13.3. The number of benzene rings is 1. The molecule has 2 N–H and O–H groups in total. The zero-order valence-corrected chi connectivity index (χ0v) is 11.9. The maximum atomic E-state index is 12.3. The summed E-state index contributed by atoms with van der Waals surface area (Å²) in [4.78, 5) is 16.5. The lowest BCUT2D eigenvalue weighted by molar-refractivity contribution is 0.0961. The number of aromatic nitrogens is 1. The third-order valence-electron chi connectivity index (χ3n) is 3.05. The predicted octanol–water partition coefficient (Wildman–Crippen LogP) is 1.18. The number of fused-ring (bicyclic) bond motifs is 1. The van der Waals surface area contributed by atoms with Crippen molar-refractivity contribution in [1.82, 2.24) is 4.98 Å². The molecule has 1 aromatic heterocycles. The summed E-state index contributed by atoms with van der Waals surface area (Å²) in [5.41, 5.74) is 7.01. The standard InChI is InChI=1S/C14H16N2O3S/c1-20(18,19)9-7-12(15)14(17)11-4-2-6-13-10(11)5-3-8-16-13/h2-6,8,12H,7,9,15H2,1H3. The summed E-state index contributed by atoms with van der Waals surface area (Å²) in [5, 5.41) is 0.731. The van der Waals surface area contributed by atoms with Crippen molar-refractivity contribution in [3.8, 4) is 0 Å². The number of rotatable bonds is 5. The Morgan fingerprint density at radius 3 is 2.75 bits per heavy atom. The largest absolute Gasteiger partial charge is 0.321 e. The minimum atomic E-state index is -3.12. The van der Waals surface area contributed by atoms with E-state index in [0.29, 0.717) is 11.1 Å². The lowest BCUT2D eigenvalue weighted by Crippen LogP contribution is -2.32. The molecule has 0 aliphatic rings. The quantitative estimate of drug-likeness (QED) is 0.836. The van der Waals surface area contributed by atoms with Crippen molar-refractivity contribution < 1.29 is 13.2 Å². The molecule has 20 heavy (non-hydrogen) atoms. The second-order valence-electron chi connectivity index (χ2n) is 4.76. The molecular weight excluding hydrogens is 276 g/mol. The molecular formula is C14H16N2O3S. The minimum absolute atomic E-state index is 0.0943. The average molecular weight is 292 g/mol. The minimum Gasteiger partial charge on any atom is -0.321 e. The summed E-state index contributed by atoms with van der Waals surface area (Å²) in [6, 6.07) is 7.97. The Kier molecular flexibility index (Phi) is 4.15. The van der Waals surface area contributed by atoms with Crippen molar-refractivity contribution in [3.63, 3.8) is 0 Å². The smallest absolute Gasteiger partial charge is 0.180 e. The fourth-order valence-corrected chi connectivity index (χ4v) is 2.67. The molecule has 0 saturated heterocycles. The van der Waals surface area contributed by atoms with Gasteiger partial charge in [0.1, 0.15) is 9.84 Å². The van der Waals surface area contributed by atoms with Gasteiger partial charge < -0.3 is 5.73 Å². The first kappa shape index (κ1) is 14.6. The molecule has 0 aliphatic heterocycles. The molecule has 0 bridgehead atoms. The second-order valence-corrected chi connectivity index (χ2v) is 7.02. The highest BCUT2D eigenvalue weighted by Gasteiger charge is 2.19. The number of hydrogen-bond acceptors (Lipinski definition) is 5. The number of Topliss-reactive ketones (excluding diaryl/α,β-unsaturated/α-hetero) is 1. The first-order chi connectivity index (χ1) is 9.38. The van der Waals surface area contributed by atoms with Crippen LogP contribution in [0, 0.1) is 0 Å². The fraction of sp³-hybridized carbons (Fsp3) is 0.286. The Morgan fingerprint density at radius 2 is 2.05 bits per heavy atom. The monoisotopic (exact) mass is 292 g/mol. The van der Waals surface area contributed by atoms with Crippen molar-refractivity contribution in [1.29, 1.82) is 0 Å². The molecule has 5 nitrogen and oxygen atoms in total. The number of sulfone groups is 1. The molecule has 0 aliphatic carbocycles. The third-order valence-corrected chi connectivity index (χ3v) is 4.02. The van der Waals surface area contributed by atoms with Crippen LogP contribution >= 0.6 is 0 Å². The first-order valence-corrected chi connectivity index (χ1v) is 8.26. The molecule has 0 spiro atoms. The average Bonchev–Trinajstić information content (AvgIpc) is 2.42. The summed E-state index contributed by atoms with van der Waals surface area (Å²) in [6.07, 6.45) is 2.90. The van der Waals surface area contributed by atoms with Crippen LogP contribution in [0.1, 0.15) is 16.8 Å². The van der Waals surface area contributed by atoms with Gasteiger partial charge in [0.2, 0.25) is 0 Å². The van der Waals surface area contributed by atoms with E-state index in [1.54, 1.807) is 30.5 Å². The summed E-state index contributed by atoms with van der Waals surface area (Å²) < 4.78 is 22.3. The van der Waals surface area contributed by atoms with E-state index in [2.05, 4.69) is 4.98 Å². The van der Waals surface area contributed by atoms with Crippen LogP contribution < -0.4 is 5.73 Å². The van der Waals surface area contributed by atoms with Gasteiger partial charge in [-0.15, -0.1) is 0 Å². The van der Waals surface area contributed by atoms with E-state index in [4.69, 9.17) is 5.73 Å². The van der Waals surface area contributed by atoms with Crippen molar-refractivity contribution in [3.05, 3.63) is 42.1 Å². The number of hydrogen-bond donors (Lipinski definition) is 1. The van der Waals surface area contributed by atoms with Gasteiger partial charge in [-0.1, -0.05) is 18.2 Å². The maximum absolute atomic E-state index is 12.3. The van der Waals surface area contributed by atoms with E-state index in [9.17, 15) is 13.2 Å². The number of nitrogens with zero attached hydrogens (tertiary/aromatic N) is 1. The number of ketones is 1. The zero-order valence-electron chi connectivity index (χ0n) is 11.1. The number of nitrogens with two attached hydrogens (primary N) is 1. The van der Waals surface area contributed by atoms with E-state index in [1.807, 2.05) is 6.07 Å². The Balaban J connectivity index is 2.27. The van der Waals surface area contributed by atoms with E-state index in [1.165, 1.54) is 0 Å². The topological polar surface area (TPSA) is 90.1 Å². The second kappa shape index (κ2) is 5.68. The highest BCUT2D eigenvalue weighted by Crippen LogP contribution is 2.18. The number of carbonyl (C=O) groups is 1. The van der Waals surface area contributed by atoms with Crippen molar-refractivity contribution in [2.24, 2.45) is 5.73 Å². The molecule has 106 valence electrons. The van der Waals surface area contributed by atoms with Crippen LogP contribution in [0.4, 0.5) is 0 Å². The first-order valence-electron chi connectivity index (χ1n) is 6.20. The summed E-state index contributed by atoms with van der Waals surface area (Å²) in [6.45, 7) is 0. The van der Waals surface area contributed by atoms with Crippen LogP contribution in [0.25, 0.3) is 10.9 Å². The molecule has 2 rings (SSSR count). The summed E-state index contributed by atoms with van der Waals surface area (Å²) in [5.74, 6) is -0.351. The van der Waals surface area contributed by atoms with E-state index in [0.717, 1.165) is 11.6 Å². The molecule has 1 aromatic carbocycles. The molecule has 1 unspecified atom stereocenters. The van der Waals surface area contributed by atoms with Crippen LogP contribution in [-0.4, -0.2) is 37.2 Å². The van der Waals surface area contributed by atoms with Crippen molar-refractivity contribution in [2.45, 2.75) is 12.5 Å². The van der Waals surface area contributed by atoms with Crippen molar-refractivity contribution >= 4 is 26.5 Å². The highest BCUT2D eigenvalue weighted by molar-refractivity contribution is 7.90. The number of carbonyl (C=O) groups excluding carboxylic acids is 1. The maximum Gasteiger partial charge on any atom is 0.180 e. The van der Waals surface area contributed by atoms with Crippen LogP contribution in [0.3, 0.4) is 0 Å². The molecule has 0 radical (unpaired) electrons. The van der Waals surface area contributed by atoms with Crippen LogP contribution in [0.2, 0.25) is 0 Å². The molecule has 0 amide bonds. The van der Waals surface area contributed by atoms with Gasteiger partial charge in [0, 0.05) is 23.4 Å². The van der Waals surface area contributed by atoms with Gasteiger partial charge in [0.05, 0.1) is 17.3 Å². The van der Waals surface area contributed by atoms with Gasteiger partial charge in [0.15, 0.2) is 5.78 Å². The van der Waals surface area contributed by atoms with Crippen molar-refractivity contribution in [2.75, 3.05) is 12.0 Å². The Bertz CT molecular complexity index is 736. The molecule has 1 atom stereocenters. The molecule has 2 aromatic rings. The highest BCUT2D eigenvalue weighted by atomic mass is 32.2.